The van der Waals surface area contributed by atoms with Gasteiger partial charge in [-0.25, -0.2) is 9.07 Å². The molecule has 10 nitrogen and oxygen atoms in total. The third-order valence-electron chi connectivity index (χ3n) is 4.49. The van der Waals surface area contributed by atoms with Crippen molar-refractivity contribution in [1.29, 1.82) is 0 Å². The molecule has 4 aromatic heterocycles. The van der Waals surface area contributed by atoms with Gasteiger partial charge in [0.15, 0.2) is 17.0 Å². The lowest BCUT2D eigenvalue weighted by Crippen LogP contribution is -2.06. The maximum Gasteiger partial charge on any atom is 0.311 e. The zero-order chi connectivity index (χ0) is 20.7. The maximum atomic E-state index is 13.4. The van der Waals surface area contributed by atoms with Gasteiger partial charge in [-0.2, -0.15) is 14.6 Å². The van der Waals surface area contributed by atoms with Gasteiger partial charge in [-0.1, -0.05) is 0 Å². The van der Waals surface area contributed by atoms with Crippen LogP contribution in [0.5, 0.6) is 0 Å². The van der Waals surface area contributed by atoms with Gasteiger partial charge in [0, 0.05) is 18.0 Å². The second-order valence-electron chi connectivity index (χ2n) is 6.34. The first kappa shape index (κ1) is 17.8. The molecule has 4 heterocycles. The third kappa shape index (κ3) is 2.92. The van der Waals surface area contributed by atoms with Crippen LogP contribution in [0.2, 0.25) is 0 Å². The van der Waals surface area contributed by atoms with Gasteiger partial charge < -0.3 is 4.74 Å². The van der Waals surface area contributed by atoms with Gasteiger partial charge >= 0.3 is 5.97 Å². The van der Waals surface area contributed by atoms with Gasteiger partial charge in [0.1, 0.15) is 11.5 Å². The predicted octanol–water partition coefficient (Wildman–Crippen LogP) is 1.77. The number of ether oxygens (including phenoxy) is 1. The fraction of sp³-hybridized carbons (Fsp3) is 0.105. The van der Waals surface area contributed by atoms with E-state index in [0.29, 0.717) is 28.4 Å². The first-order valence-corrected chi connectivity index (χ1v) is 8.88. The van der Waals surface area contributed by atoms with Crippen LogP contribution in [-0.4, -0.2) is 52.6 Å². The topological polar surface area (TPSA) is 113 Å². The molecule has 0 aliphatic rings. The molecule has 5 rings (SSSR count). The number of nitrogens with zero attached hydrogens (tertiary/aromatic N) is 8. The SMILES string of the molecule is COC(=O)Cc1nn(-c2ccc(F)cc2)c2c1nnc1nc(-c3ccncc3)nn12. The molecule has 0 N–H and O–H groups in total. The molecule has 148 valence electrons. The highest BCUT2D eigenvalue weighted by molar-refractivity contribution is 5.82. The van der Waals surface area contributed by atoms with Gasteiger partial charge in [-0.05, 0) is 36.4 Å². The molecule has 0 unspecified atom stereocenters. The lowest BCUT2D eigenvalue weighted by Gasteiger charge is -2.03. The van der Waals surface area contributed by atoms with E-state index in [9.17, 15) is 9.18 Å². The summed E-state index contributed by atoms with van der Waals surface area (Å²) < 4.78 is 21.2. The molecule has 0 spiro atoms. The quantitative estimate of drug-likeness (QED) is 0.417. The second kappa shape index (κ2) is 6.95. The molecule has 0 radical (unpaired) electrons. The molecule has 0 atom stereocenters. The molecule has 0 fully saturated rings. The molecule has 0 aliphatic heterocycles. The second-order valence-corrected chi connectivity index (χ2v) is 6.34. The summed E-state index contributed by atoms with van der Waals surface area (Å²) in [6, 6.07) is 9.32. The zero-order valence-electron chi connectivity index (χ0n) is 15.6. The summed E-state index contributed by atoms with van der Waals surface area (Å²) in [5.41, 5.74) is 2.48. The number of carbonyl (C=O) groups excluding carboxylic acids is 1. The fourth-order valence-electron chi connectivity index (χ4n) is 3.06. The van der Waals surface area contributed by atoms with Crippen molar-refractivity contribution in [2.45, 2.75) is 6.42 Å². The standard InChI is InChI=1S/C19H13FN8O2/c1-30-15(29)10-14-16-18(27(25-14)13-4-2-12(20)3-5-13)28-19(24-23-16)22-17(26-28)11-6-8-21-9-7-11/h2-9H,10H2,1H3. The number of methoxy groups -OCH3 is 1. The number of pyridine rings is 1. The first-order valence-electron chi connectivity index (χ1n) is 8.88. The van der Waals surface area contributed by atoms with Crippen molar-refractivity contribution < 1.29 is 13.9 Å². The highest BCUT2D eigenvalue weighted by Gasteiger charge is 2.22. The molecular formula is C19H13FN8O2. The van der Waals surface area contributed by atoms with Gasteiger partial charge in [0.05, 0.1) is 19.2 Å². The van der Waals surface area contributed by atoms with Crippen molar-refractivity contribution in [2.75, 3.05) is 7.11 Å². The molecule has 1 aromatic carbocycles. The van der Waals surface area contributed by atoms with Crippen molar-refractivity contribution in [3.8, 4) is 17.1 Å². The lowest BCUT2D eigenvalue weighted by atomic mass is 10.3. The summed E-state index contributed by atoms with van der Waals surface area (Å²) in [5, 5.41) is 17.4. The van der Waals surface area contributed by atoms with E-state index in [1.165, 1.54) is 28.4 Å². The van der Waals surface area contributed by atoms with Crippen LogP contribution in [0.15, 0.2) is 48.8 Å². The highest BCUT2D eigenvalue weighted by Crippen LogP contribution is 2.23. The first-order chi connectivity index (χ1) is 14.6. The molecule has 0 amide bonds. The molecule has 0 bridgehead atoms. The molecule has 5 aromatic rings. The minimum absolute atomic E-state index is 0.104. The van der Waals surface area contributed by atoms with Gasteiger partial charge in [0.25, 0.3) is 5.78 Å². The van der Waals surface area contributed by atoms with E-state index >= 15 is 0 Å². The van der Waals surface area contributed by atoms with Crippen LogP contribution < -0.4 is 0 Å². The number of esters is 1. The number of rotatable bonds is 4. The molecule has 30 heavy (non-hydrogen) atoms. The zero-order valence-corrected chi connectivity index (χ0v) is 15.6. The van der Waals surface area contributed by atoms with E-state index in [1.54, 1.807) is 36.7 Å². The van der Waals surface area contributed by atoms with Gasteiger partial charge in [-0.15, -0.1) is 15.3 Å². The maximum absolute atomic E-state index is 13.4. The molecule has 0 aliphatic carbocycles. The van der Waals surface area contributed by atoms with Crippen LogP contribution in [0.1, 0.15) is 5.69 Å². The number of benzene rings is 1. The third-order valence-corrected chi connectivity index (χ3v) is 4.49. The van der Waals surface area contributed by atoms with Crippen LogP contribution in [0, 0.1) is 5.82 Å². The summed E-state index contributed by atoms with van der Waals surface area (Å²) in [4.78, 5) is 20.3. The number of aromatic nitrogens is 8. The Morgan fingerprint density at radius 1 is 1.07 bits per heavy atom. The van der Waals surface area contributed by atoms with Crippen LogP contribution in [0.25, 0.3) is 34.0 Å². The number of hydrogen-bond donors (Lipinski definition) is 0. The van der Waals surface area contributed by atoms with Crippen LogP contribution in [0.3, 0.4) is 0 Å². The summed E-state index contributed by atoms with van der Waals surface area (Å²) >= 11 is 0. The number of carbonyl (C=O) groups is 1. The largest absolute Gasteiger partial charge is 0.469 e. The number of halogens is 1. The summed E-state index contributed by atoms with van der Waals surface area (Å²) in [7, 11) is 1.30. The van der Waals surface area contributed by atoms with Crippen molar-refractivity contribution in [2.24, 2.45) is 0 Å². The Bertz CT molecular complexity index is 1380. The molecule has 11 heteroatoms. The van der Waals surface area contributed by atoms with Crippen molar-refractivity contribution >= 4 is 22.9 Å². The average Bonchev–Trinajstić information content (AvgIpc) is 3.36. The Kier molecular flexibility index (Phi) is 4.12. The molecule has 0 saturated carbocycles. The Hall–Kier alpha value is -4.28. The smallest absolute Gasteiger partial charge is 0.311 e. The Labute approximate surface area is 168 Å². The normalized spacial score (nSPS) is 11.3. The highest BCUT2D eigenvalue weighted by atomic mass is 19.1. The van der Waals surface area contributed by atoms with E-state index in [-0.39, 0.29) is 18.0 Å². The minimum atomic E-state index is -0.474. The van der Waals surface area contributed by atoms with Gasteiger partial charge in [-0.3, -0.25) is 9.78 Å². The van der Waals surface area contributed by atoms with E-state index in [4.69, 9.17) is 4.74 Å². The van der Waals surface area contributed by atoms with E-state index < -0.39 is 5.97 Å². The van der Waals surface area contributed by atoms with Crippen molar-refractivity contribution in [3.05, 3.63) is 60.3 Å². The minimum Gasteiger partial charge on any atom is -0.469 e. The molecular weight excluding hydrogens is 391 g/mol. The van der Waals surface area contributed by atoms with Crippen molar-refractivity contribution in [1.82, 2.24) is 39.6 Å². The number of hydrogen-bond acceptors (Lipinski definition) is 8. The monoisotopic (exact) mass is 404 g/mol. The summed E-state index contributed by atoms with van der Waals surface area (Å²) in [5.74, 6) is -0.169. The van der Waals surface area contributed by atoms with Crippen LogP contribution in [0.4, 0.5) is 4.39 Å². The van der Waals surface area contributed by atoms with E-state index in [0.717, 1.165) is 5.56 Å². The van der Waals surface area contributed by atoms with Crippen LogP contribution in [-0.2, 0) is 16.0 Å². The Balaban J connectivity index is 1.78. The van der Waals surface area contributed by atoms with Gasteiger partial charge in [0.2, 0.25) is 0 Å². The summed E-state index contributed by atoms with van der Waals surface area (Å²) in [6.45, 7) is 0. The van der Waals surface area contributed by atoms with Crippen molar-refractivity contribution in [3.63, 3.8) is 0 Å². The fourth-order valence-corrected chi connectivity index (χ4v) is 3.06. The molecule has 0 saturated heterocycles. The predicted molar refractivity (Wildman–Crippen MR) is 102 cm³/mol. The van der Waals surface area contributed by atoms with Crippen LogP contribution >= 0.6 is 0 Å². The van der Waals surface area contributed by atoms with E-state index in [1.807, 2.05) is 0 Å². The average molecular weight is 404 g/mol. The Morgan fingerprint density at radius 3 is 2.57 bits per heavy atom. The lowest BCUT2D eigenvalue weighted by molar-refractivity contribution is -0.139. The number of fused-ring (bicyclic) bond motifs is 3. The van der Waals surface area contributed by atoms with E-state index in [2.05, 4.69) is 30.4 Å². The summed E-state index contributed by atoms with van der Waals surface area (Å²) in [6.07, 6.45) is 3.17. The Morgan fingerprint density at radius 2 is 1.83 bits per heavy atom.